The van der Waals surface area contributed by atoms with Crippen molar-refractivity contribution in [3.05, 3.63) is 19.2 Å². The molecule has 7 heteroatoms. The molecule has 1 aromatic rings. The lowest BCUT2D eigenvalue weighted by Crippen LogP contribution is -2.35. The maximum atomic E-state index is 11.8. The molecular weight excluding hydrogens is 376 g/mol. The predicted molar refractivity (Wildman–Crippen MR) is 78.0 cm³/mol. The highest BCUT2D eigenvalue weighted by Gasteiger charge is 2.15. The summed E-state index contributed by atoms with van der Waals surface area (Å²) in [6.07, 6.45) is 0.504. The summed E-state index contributed by atoms with van der Waals surface area (Å²) in [6, 6.07) is 1.72. The van der Waals surface area contributed by atoms with E-state index in [4.69, 9.17) is 18.0 Å². The molecule has 0 radical (unpaired) electrons. The number of thiophene rings is 1. The topological polar surface area (TPSA) is 55.1 Å². The molecule has 16 heavy (non-hydrogen) atoms. The second-order valence-corrected chi connectivity index (χ2v) is 7.56. The smallest absolute Gasteiger partial charge is 0.253 e. The van der Waals surface area contributed by atoms with E-state index in [9.17, 15) is 4.79 Å². The van der Waals surface area contributed by atoms with E-state index in [0.717, 1.165) is 7.57 Å². The fourth-order valence-electron chi connectivity index (χ4n) is 1.15. The van der Waals surface area contributed by atoms with Gasteiger partial charge in [-0.2, -0.15) is 0 Å². The SMILES string of the molecule is CC(CC(N)=S)NC(=O)c1cc(Br)sc1Br. The van der Waals surface area contributed by atoms with Crippen LogP contribution in [-0.2, 0) is 0 Å². The van der Waals surface area contributed by atoms with Crippen molar-refractivity contribution in [1.29, 1.82) is 0 Å². The molecule has 0 bridgehead atoms. The molecule has 0 aliphatic carbocycles. The molecule has 0 aliphatic rings. The molecule has 3 nitrogen and oxygen atoms in total. The molecule has 0 fully saturated rings. The standard InChI is InChI=1S/C9H10Br2N2OS2/c1-4(2-7(12)15)13-9(14)5-3-6(10)16-8(5)11/h3-4H,2H2,1H3,(H2,12,15)(H,13,14). The number of rotatable bonds is 4. The van der Waals surface area contributed by atoms with Crippen LogP contribution in [0.5, 0.6) is 0 Å². The van der Waals surface area contributed by atoms with Gasteiger partial charge in [-0.3, -0.25) is 4.79 Å². The van der Waals surface area contributed by atoms with Crippen LogP contribution in [0.25, 0.3) is 0 Å². The van der Waals surface area contributed by atoms with Crippen molar-refractivity contribution in [2.75, 3.05) is 0 Å². The van der Waals surface area contributed by atoms with Crippen LogP contribution in [0.3, 0.4) is 0 Å². The van der Waals surface area contributed by atoms with Crippen LogP contribution < -0.4 is 11.1 Å². The van der Waals surface area contributed by atoms with E-state index in [1.54, 1.807) is 6.07 Å². The first-order chi connectivity index (χ1) is 7.40. The molecule has 1 amide bonds. The lowest BCUT2D eigenvalue weighted by atomic mass is 10.2. The third-order valence-corrected chi connectivity index (χ3v) is 4.29. The quantitative estimate of drug-likeness (QED) is 0.783. The number of thiocarbonyl (C=S) groups is 1. The van der Waals surface area contributed by atoms with Crippen LogP contribution in [-0.4, -0.2) is 16.9 Å². The van der Waals surface area contributed by atoms with Gasteiger partial charge in [-0.15, -0.1) is 11.3 Å². The van der Waals surface area contributed by atoms with E-state index in [0.29, 0.717) is 17.0 Å². The fourth-order valence-corrected chi connectivity index (χ4v) is 4.19. The largest absolute Gasteiger partial charge is 0.393 e. The van der Waals surface area contributed by atoms with Crippen LogP contribution in [0.1, 0.15) is 23.7 Å². The summed E-state index contributed by atoms with van der Waals surface area (Å²) in [5.41, 5.74) is 6.02. The number of hydrogen-bond acceptors (Lipinski definition) is 3. The van der Waals surface area contributed by atoms with Crippen LogP contribution in [0.4, 0.5) is 0 Å². The van der Waals surface area contributed by atoms with Crippen molar-refractivity contribution in [1.82, 2.24) is 5.32 Å². The molecule has 0 saturated carbocycles. The summed E-state index contributed by atoms with van der Waals surface area (Å²) in [5, 5.41) is 2.83. The lowest BCUT2D eigenvalue weighted by molar-refractivity contribution is 0.0941. The summed E-state index contributed by atoms with van der Waals surface area (Å²) in [6.45, 7) is 1.87. The number of carbonyl (C=O) groups is 1. The van der Waals surface area contributed by atoms with Crippen molar-refractivity contribution in [3.63, 3.8) is 0 Å². The third kappa shape index (κ3) is 4.12. The third-order valence-electron chi connectivity index (χ3n) is 1.79. The maximum absolute atomic E-state index is 11.8. The number of amides is 1. The Labute approximate surface area is 120 Å². The van der Waals surface area contributed by atoms with E-state index in [-0.39, 0.29) is 11.9 Å². The van der Waals surface area contributed by atoms with Gasteiger partial charge in [0.25, 0.3) is 5.91 Å². The van der Waals surface area contributed by atoms with E-state index >= 15 is 0 Å². The highest BCUT2D eigenvalue weighted by atomic mass is 79.9. The van der Waals surface area contributed by atoms with Gasteiger partial charge >= 0.3 is 0 Å². The summed E-state index contributed by atoms with van der Waals surface area (Å²) >= 11 is 12.9. The van der Waals surface area contributed by atoms with Crippen molar-refractivity contribution >= 4 is 66.3 Å². The van der Waals surface area contributed by atoms with Gasteiger partial charge in [-0.05, 0) is 44.8 Å². The molecule has 0 aromatic carbocycles. The van der Waals surface area contributed by atoms with E-state index in [2.05, 4.69) is 37.2 Å². The Kier molecular flexibility index (Phi) is 5.36. The summed E-state index contributed by atoms with van der Waals surface area (Å²) in [7, 11) is 0. The van der Waals surface area contributed by atoms with Crippen molar-refractivity contribution in [3.8, 4) is 0 Å². The molecule has 0 saturated heterocycles. The Hall–Kier alpha value is 0.0200. The maximum Gasteiger partial charge on any atom is 0.253 e. The minimum atomic E-state index is -0.127. The number of nitrogens with two attached hydrogens (primary N) is 1. The fraction of sp³-hybridized carbons (Fsp3) is 0.333. The first kappa shape index (κ1) is 14.1. The predicted octanol–water partition coefficient (Wildman–Crippen LogP) is 3.07. The number of hydrogen-bond donors (Lipinski definition) is 2. The number of nitrogens with one attached hydrogen (secondary N) is 1. The molecule has 1 aromatic heterocycles. The summed E-state index contributed by atoms with van der Waals surface area (Å²) < 4.78 is 1.71. The Bertz CT molecular complexity index is 420. The van der Waals surface area contributed by atoms with Crippen LogP contribution >= 0.6 is 55.4 Å². The second kappa shape index (κ2) is 6.09. The normalized spacial score (nSPS) is 12.2. The average Bonchev–Trinajstić information content (AvgIpc) is 2.43. The first-order valence-corrected chi connectivity index (χ1v) is 7.25. The molecule has 1 atom stereocenters. The highest BCUT2D eigenvalue weighted by molar-refractivity contribution is 9.12. The zero-order valence-electron chi connectivity index (χ0n) is 8.42. The Morgan fingerprint density at radius 2 is 2.31 bits per heavy atom. The minimum absolute atomic E-state index is 0.0597. The first-order valence-electron chi connectivity index (χ1n) is 4.44. The van der Waals surface area contributed by atoms with E-state index in [1.165, 1.54) is 11.3 Å². The number of halogens is 2. The van der Waals surface area contributed by atoms with Gasteiger partial charge in [-0.25, -0.2) is 0 Å². The van der Waals surface area contributed by atoms with Gasteiger partial charge in [-0.1, -0.05) is 12.2 Å². The van der Waals surface area contributed by atoms with Gasteiger partial charge in [0.15, 0.2) is 0 Å². The zero-order valence-corrected chi connectivity index (χ0v) is 13.2. The molecular formula is C9H10Br2N2OS2. The van der Waals surface area contributed by atoms with Crippen LogP contribution in [0, 0.1) is 0 Å². The Morgan fingerprint density at radius 3 is 2.75 bits per heavy atom. The van der Waals surface area contributed by atoms with Crippen molar-refractivity contribution in [2.24, 2.45) is 5.73 Å². The van der Waals surface area contributed by atoms with Gasteiger partial charge in [0.2, 0.25) is 0 Å². The molecule has 3 N–H and O–H groups in total. The molecule has 1 heterocycles. The molecule has 0 spiro atoms. The monoisotopic (exact) mass is 384 g/mol. The second-order valence-electron chi connectivity index (χ2n) is 3.28. The summed E-state index contributed by atoms with van der Waals surface area (Å²) in [5.74, 6) is -0.127. The Morgan fingerprint density at radius 1 is 1.69 bits per heavy atom. The molecule has 1 rings (SSSR count). The van der Waals surface area contributed by atoms with Crippen LogP contribution in [0.2, 0.25) is 0 Å². The van der Waals surface area contributed by atoms with Gasteiger partial charge in [0, 0.05) is 12.5 Å². The summed E-state index contributed by atoms with van der Waals surface area (Å²) in [4.78, 5) is 12.2. The molecule has 0 aliphatic heterocycles. The average molecular weight is 386 g/mol. The van der Waals surface area contributed by atoms with Gasteiger partial charge < -0.3 is 11.1 Å². The minimum Gasteiger partial charge on any atom is -0.393 e. The zero-order chi connectivity index (χ0) is 12.3. The number of carbonyl (C=O) groups excluding carboxylic acids is 1. The molecule has 1 unspecified atom stereocenters. The van der Waals surface area contributed by atoms with E-state index in [1.807, 2.05) is 6.92 Å². The highest BCUT2D eigenvalue weighted by Crippen LogP contribution is 2.31. The van der Waals surface area contributed by atoms with Gasteiger partial charge in [0.1, 0.15) is 0 Å². The lowest BCUT2D eigenvalue weighted by Gasteiger charge is -2.12. The Balaban J connectivity index is 2.65. The van der Waals surface area contributed by atoms with Gasteiger partial charge in [0.05, 0.1) is 18.1 Å². The van der Waals surface area contributed by atoms with E-state index < -0.39 is 0 Å². The van der Waals surface area contributed by atoms with Crippen molar-refractivity contribution < 1.29 is 4.79 Å². The van der Waals surface area contributed by atoms with Crippen molar-refractivity contribution in [2.45, 2.75) is 19.4 Å². The van der Waals surface area contributed by atoms with Crippen LogP contribution in [0.15, 0.2) is 13.6 Å². The molecule has 88 valence electrons.